The van der Waals surface area contributed by atoms with Crippen LogP contribution in [0.3, 0.4) is 0 Å². The highest BCUT2D eigenvalue weighted by molar-refractivity contribution is 5.85. The molecule has 1 atom stereocenters. The normalized spacial score (nSPS) is 11.5. The Bertz CT molecular complexity index is 421. The van der Waals surface area contributed by atoms with Crippen molar-refractivity contribution >= 4 is 23.7 Å². The number of carboxylic acid groups (broad SMARTS) is 1. The van der Waals surface area contributed by atoms with Gasteiger partial charge in [-0.15, -0.1) is 0 Å². The van der Waals surface area contributed by atoms with E-state index in [9.17, 15) is 22.8 Å². The number of aliphatic carboxylic acids is 1. The van der Waals surface area contributed by atoms with Crippen LogP contribution >= 0.6 is 0 Å². The van der Waals surface area contributed by atoms with Crippen molar-refractivity contribution in [3.63, 3.8) is 0 Å². The van der Waals surface area contributed by atoms with Crippen LogP contribution in [-0.4, -0.2) is 47.6 Å². The Labute approximate surface area is 123 Å². The van der Waals surface area contributed by atoms with Crippen molar-refractivity contribution in [2.75, 3.05) is 6.54 Å². The van der Waals surface area contributed by atoms with Crippen LogP contribution in [0.4, 0.5) is 13.2 Å². The summed E-state index contributed by atoms with van der Waals surface area (Å²) in [6.45, 7) is 1.73. The Kier molecular flexibility index (Phi) is 10.1. The summed E-state index contributed by atoms with van der Waals surface area (Å²) >= 11 is 0. The molecule has 0 radical (unpaired) electrons. The summed E-state index contributed by atoms with van der Waals surface area (Å²) in [7, 11) is 0. The van der Waals surface area contributed by atoms with Crippen molar-refractivity contribution in [1.29, 1.82) is 0 Å². The number of nitrogens with one attached hydrogen (secondary N) is 1. The number of hydrogen-bond donors (Lipinski definition) is 5. The molecule has 128 valence electrons. The second kappa shape index (κ2) is 10.2. The number of nitrogens with two attached hydrogens (primary N) is 3. The van der Waals surface area contributed by atoms with Gasteiger partial charge in [-0.05, 0) is 12.8 Å². The van der Waals surface area contributed by atoms with Gasteiger partial charge in [-0.3, -0.25) is 14.6 Å². The minimum absolute atomic E-state index is 0.00477. The third-order valence-corrected chi connectivity index (χ3v) is 1.91. The Morgan fingerprint density at radius 1 is 1.23 bits per heavy atom. The molecule has 0 aromatic rings. The number of guanidine groups is 1. The fourth-order valence-electron chi connectivity index (χ4n) is 1.03. The molecule has 22 heavy (non-hydrogen) atoms. The van der Waals surface area contributed by atoms with Crippen molar-refractivity contribution in [1.82, 2.24) is 5.32 Å². The summed E-state index contributed by atoms with van der Waals surface area (Å²) in [4.78, 5) is 34.2. The molecule has 0 heterocycles. The highest BCUT2D eigenvalue weighted by Gasteiger charge is 2.38. The minimum Gasteiger partial charge on any atom is -0.475 e. The predicted molar refractivity (Wildman–Crippen MR) is 70.4 cm³/mol. The number of hydrogen-bond acceptors (Lipinski definition) is 4. The quantitative estimate of drug-likeness (QED) is 0.229. The van der Waals surface area contributed by atoms with Crippen LogP contribution in [0.1, 0.15) is 19.8 Å². The zero-order chi connectivity index (χ0) is 17.9. The molecular formula is C10H18F3N5O4. The summed E-state index contributed by atoms with van der Waals surface area (Å²) < 4.78 is 31.7. The summed E-state index contributed by atoms with van der Waals surface area (Å²) in [5.41, 5.74) is 15.3. The van der Waals surface area contributed by atoms with Gasteiger partial charge < -0.3 is 27.6 Å². The molecule has 0 aliphatic carbocycles. The maximum Gasteiger partial charge on any atom is 0.490 e. The van der Waals surface area contributed by atoms with Gasteiger partial charge in [-0.2, -0.15) is 13.2 Å². The molecule has 0 spiro atoms. The lowest BCUT2D eigenvalue weighted by molar-refractivity contribution is -0.192. The molecule has 0 saturated heterocycles. The van der Waals surface area contributed by atoms with Crippen molar-refractivity contribution < 1.29 is 32.7 Å². The van der Waals surface area contributed by atoms with E-state index in [1.165, 1.54) is 6.92 Å². The van der Waals surface area contributed by atoms with Gasteiger partial charge >= 0.3 is 12.1 Å². The van der Waals surface area contributed by atoms with Gasteiger partial charge in [-0.25, -0.2) is 4.79 Å². The predicted octanol–water partition coefficient (Wildman–Crippen LogP) is -1.34. The Balaban J connectivity index is 0. The summed E-state index contributed by atoms with van der Waals surface area (Å²) in [6.07, 6.45) is -4.09. The maximum absolute atomic E-state index is 10.9. The fraction of sp³-hybridized carbons (Fsp3) is 0.600. The topological polar surface area (TPSA) is 174 Å². The number of primary amides is 1. The number of nitrogens with zero attached hydrogens (tertiary/aromatic N) is 1. The zero-order valence-electron chi connectivity index (χ0n) is 11.7. The minimum atomic E-state index is -5.08. The third kappa shape index (κ3) is 13.9. The van der Waals surface area contributed by atoms with Gasteiger partial charge in [0.05, 0.1) is 0 Å². The lowest BCUT2D eigenvalue weighted by Gasteiger charge is -2.12. The molecule has 8 N–H and O–H groups in total. The highest BCUT2D eigenvalue weighted by Crippen LogP contribution is 2.13. The molecule has 12 heteroatoms. The van der Waals surface area contributed by atoms with E-state index in [1.54, 1.807) is 0 Å². The first-order chi connectivity index (χ1) is 9.87. The molecule has 2 amide bonds. The summed E-state index contributed by atoms with van der Waals surface area (Å²) in [5, 5.41) is 9.57. The maximum atomic E-state index is 10.9. The van der Waals surface area contributed by atoms with Gasteiger partial charge in [0, 0.05) is 13.5 Å². The number of aliphatic imine (C=N–C) groups is 1. The van der Waals surface area contributed by atoms with E-state index >= 15 is 0 Å². The molecule has 0 aliphatic rings. The van der Waals surface area contributed by atoms with Gasteiger partial charge in [0.15, 0.2) is 5.96 Å². The van der Waals surface area contributed by atoms with Crippen LogP contribution in [0, 0.1) is 0 Å². The molecule has 0 saturated carbocycles. The van der Waals surface area contributed by atoms with Crippen molar-refractivity contribution in [2.24, 2.45) is 22.2 Å². The molecule has 0 fully saturated rings. The largest absolute Gasteiger partial charge is 0.490 e. The van der Waals surface area contributed by atoms with Gasteiger partial charge in [-0.1, -0.05) is 0 Å². The second-order valence-corrected chi connectivity index (χ2v) is 3.91. The SMILES string of the molecule is CC(=O)N[C@@H](CCCN=C(N)N)C(N)=O.O=C(O)C(F)(F)F. The number of rotatable bonds is 6. The molecule has 9 nitrogen and oxygen atoms in total. The van der Waals surface area contributed by atoms with E-state index < -0.39 is 24.1 Å². The molecular weight excluding hydrogens is 311 g/mol. The van der Waals surface area contributed by atoms with Crippen molar-refractivity contribution in [2.45, 2.75) is 32.0 Å². The molecule has 0 aromatic heterocycles. The summed E-state index contributed by atoms with van der Waals surface area (Å²) in [5.74, 6) is -3.60. The average Bonchev–Trinajstić information content (AvgIpc) is 2.31. The standard InChI is InChI=1S/C8H17N5O2.C2HF3O2/c1-5(14)13-6(7(9)15)3-2-4-12-8(10)11;3-2(4,5)1(6)7/h6H,2-4H2,1H3,(H2,9,15)(H,13,14)(H4,10,11,12);(H,6,7)/t6-;/m0./s1. The molecule has 0 aliphatic heterocycles. The van der Waals surface area contributed by atoms with Crippen LogP contribution < -0.4 is 22.5 Å². The number of carbonyl (C=O) groups excluding carboxylic acids is 2. The van der Waals surface area contributed by atoms with Crippen LogP contribution in [0.15, 0.2) is 4.99 Å². The lowest BCUT2D eigenvalue weighted by Crippen LogP contribution is -2.43. The lowest BCUT2D eigenvalue weighted by atomic mass is 10.1. The third-order valence-electron chi connectivity index (χ3n) is 1.91. The van der Waals surface area contributed by atoms with Crippen LogP contribution in [0.5, 0.6) is 0 Å². The van der Waals surface area contributed by atoms with Crippen LogP contribution in [0.2, 0.25) is 0 Å². The van der Waals surface area contributed by atoms with Crippen molar-refractivity contribution in [3.05, 3.63) is 0 Å². The number of carbonyl (C=O) groups is 3. The van der Waals surface area contributed by atoms with Gasteiger partial charge in [0.2, 0.25) is 11.8 Å². The average molecular weight is 329 g/mol. The second-order valence-electron chi connectivity index (χ2n) is 3.91. The number of amides is 2. The van der Waals surface area contributed by atoms with E-state index in [2.05, 4.69) is 10.3 Å². The van der Waals surface area contributed by atoms with E-state index in [1.807, 2.05) is 0 Å². The number of carboxylic acids is 1. The molecule has 0 bridgehead atoms. The first kappa shape index (κ1) is 21.8. The first-order valence-corrected chi connectivity index (χ1v) is 5.79. The Morgan fingerprint density at radius 3 is 1.95 bits per heavy atom. The zero-order valence-corrected chi connectivity index (χ0v) is 11.7. The van der Waals surface area contributed by atoms with Gasteiger partial charge in [0.25, 0.3) is 0 Å². The number of alkyl halides is 3. The highest BCUT2D eigenvalue weighted by atomic mass is 19.4. The Morgan fingerprint density at radius 2 is 1.68 bits per heavy atom. The van der Waals surface area contributed by atoms with E-state index in [-0.39, 0.29) is 11.9 Å². The van der Waals surface area contributed by atoms with E-state index in [4.69, 9.17) is 27.1 Å². The van der Waals surface area contributed by atoms with Crippen LogP contribution in [-0.2, 0) is 14.4 Å². The molecule has 0 aromatic carbocycles. The monoisotopic (exact) mass is 329 g/mol. The fourth-order valence-corrected chi connectivity index (χ4v) is 1.03. The number of halogens is 3. The Hall–Kier alpha value is -2.53. The molecule has 0 unspecified atom stereocenters. The van der Waals surface area contributed by atoms with Gasteiger partial charge in [0.1, 0.15) is 6.04 Å². The van der Waals surface area contributed by atoms with E-state index in [0.29, 0.717) is 19.4 Å². The first-order valence-electron chi connectivity index (χ1n) is 5.79. The van der Waals surface area contributed by atoms with E-state index in [0.717, 1.165) is 0 Å². The summed E-state index contributed by atoms with van der Waals surface area (Å²) in [6, 6.07) is -0.656. The van der Waals surface area contributed by atoms with Crippen molar-refractivity contribution in [3.8, 4) is 0 Å². The van der Waals surface area contributed by atoms with Crippen LogP contribution in [0.25, 0.3) is 0 Å². The smallest absolute Gasteiger partial charge is 0.475 e. The molecule has 0 rings (SSSR count).